The number of anilines is 1. The van der Waals surface area contributed by atoms with Crippen LogP contribution in [0.3, 0.4) is 0 Å². The molecule has 39 heavy (non-hydrogen) atoms. The molecule has 0 saturated heterocycles. The number of ether oxygens (including phenoxy) is 1. The van der Waals surface area contributed by atoms with Crippen molar-refractivity contribution < 1.29 is 22.7 Å². The van der Waals surface area contributed by atoms with Crippen molar-refractivity contribution in [2.24, 2.45) is 0 Å². The van der Waals surface area contributed by atoms with Crippen molar-refractivity contribution in [3.05, 3.63) is 88.4 Å². The molecule has 0 aliphatic carbocycles. The van der Waals surface area contributed by atoms with E-state index < -0.39 is 28.5 Å². The molecule has 0 radical (unpaired) electrons. The summed E-state index contributed by atoms with van der Waals surface area (Å²) in [6.07, 6.45) is 0. The van der Waals surface area contributed by atoms with Crippen molar-refractivity contribution in [3.63, 3.8) is 0 Å². The molecule has 208 valence electrons. The summed E-state index contributed by atoms with van der Waals surface area (Å²) in [5, 5.41) is 3.14. The van der Waals surface area contributed by atoms with Crippen molar-refractivity contribution >= 4 is 39.1 Å². The smallest absolute Gasteiger partial charge is 0.264 e. The summed E-state index contributed by atoms with van der Waals surface area (Å²) in [5.74, 6) is -0.207. The maximum Gasteiger partial charge on any atom is 0.264 e. The highest BCUT2D eigenvalue weighted by atomic mass is 35.5. The number of hydrogen-bond acceptors (Lipinski definition) is 5. The van der Waals surface area contributed by atoms with Gasteiger partial charge in [0.15, 0.2) is 0 Å². The van der Waals surface area contributed by atoms with E-state index in [4.69, 9.17) is 16.3 Å². The topological polar surface area (TPSA) is 96.0 Å². The fraction of sp³-hybridized carbons (Fsp3) is 0.310. The first kappa shape index (κ1) is 30.0. The Morgan fingerprint density at radius 3 is 2.18 bits per heavy atom. The molecule has 0 aliphatic heterocycles. The molecule has 8 nitrogen and oxygen atoms in total. The first-order valence-electron chi connectivity index (χ1n) is 12.5. The zero-order chi connectivity index (χ0) is 28.7. The van der Waals surface area contributed by atoms with Crippen LogP contribution in [-0.4, -0.2) is 51.4 Å². The molecule has 10 heteroatoms. The van der Waals surface area contributed by atoms with E-state index in [2.05, 4.69) is 5.32 Å². The summed E-state index contributed by atoms with van der Waals surface area (Å²) >= 11 is 5.99. The number of rotatable bonds is 11. The van der Waals surface area contributed by atoms with Crippen molar-refractivity contribution in [1.29, 1.82) is 0 Å². The van der Waals surface area contributed by atoms with Gasteiger partial charge in [0.2, 0.25) is 11.8 Å². The van der Waals surface area contributed by atoms with Crippen LogP contribution in [0.15, 0.2) is 71.6 Å². The molecule has 3 rings (SSSR count). The molecule has 2 amide bonds. The van der Waals surface area contributed by atoms with E-state index in [1.165, 1.54) is 29.2 Å². The number of nitrogens with zero attached hydrogens (tertiary/aromatic N) is 2. The van der Waals surface area contributed by atoms with Crippen molar-refractivity contribution in [3.8, 4) is 5.75 Å². The molecule has 0 aromatic heterocycles. The van der Waals surface area contributed by atoms with E-state index in [0.29, 0.717) is 23.0 Å². The third-order valence-electron chi connectivity index (χ3n) is 6.49. The lowest BCUT2D eigenvalue weighted by Crippen LogP contribution is -2.51. The lowest BCUT2D eigenvalue weighted by Gasteiger charge is -2.32. The summed E-state index contributed by atoms with van der Waals surface area (Å²) in [5.41, 5.74) is 2.97. The number of benzene rings is 3. The fourth-order valence-corrected chi connectivity index (χ4v) is 5.51. The van der Waals surface area contributed by atoms with Gasteiger partial charge in [0.05, 0.1) is 17.7 Å². The van der Waals surface area contributed by atoms with Crippen LogP contribution in [0.1, 0.15) is 30.5 Å². The number of nitrogens with one attached hydrogen (secondary N) is 1. The zero-order valence-corrected chi connectivity index (χ0v) is 24.3. The van der Waals surface area contributed by atoms with Crippen LogP contribution in [0.4, 0.5) is 5.69 Å². The normalized spacial score (nSPS) is 11.9. The maximum absolute atomic E-state index is 13.9. The quantitative estimate of drug-likeness (QED) is 0.359. The molecule has 1 N–H and O–H groups in total. The molecule has 3 aromatic rings. The zero-order valence-electron chi connectivity index (χ0n) is 22.8. The van der Waals surface area contributed by atoms with Gasteiger partial charge in [-0.25, -0.2) is 8.42 Å². The van der Waals surface area contributed by atoms with Gasteiger partial charge in [-0.15, -0.1) is 0 Å². The number of carbonyl (C=O) groups is 2. The monoisotopic (exact) mass is 571 g/mol. The van der Waals surface area contributed by atoms with Crippen LogP contribution < -0.4 is 14.4 Å². The van der Waals surface area contributed by atoms with Crippen molar-refractivity contribution in [2.45, 2.75) is 45.2 Å². The van der Waals surface area contributed by atoms with Gasteiger partial charge in [0, 0.05) is 18.1 Å². The molecule has 1 atom stereocenters. The molecule has 0 fully saturated rings. The summed E-state index contributed by atoms with van der Waals surface area (Å²) in [4.78, 5) is 28.1. The molecule has 0 unspecified atom stereocenters. The number of hydrogen-bond donors (Lipinski definition) is 1. The van der Waals surface area contributed by atoms with Gasteiger partial charge in [-0.05, 0) is 92.9 Å². The third kappa shape index (κ3) is 7.30. The highest BCUT2D eigenvalue weighted by Gasteiger charge is 2.32. The predicted octanol–water partition coefficient (Wildman–Crippen LogP) is 4.71. The standard InChI is InChI=1S/C29H34ClN3O5S/c1-6-31-29(35)22(4)32(18-23-8-13-26(38-5)14-9-23)28(34)19-33(25-12-7-20(2)21(3)17-25)39(36,37)27-15-10-24(30)11-16-27/h7-17,22H,6,18-19H2,1-5H3,(H,31,35)/t22-/m0/s1. The van der Waals surface area contributed by atoms with Crippen LogP contribution in [0.2, 0.25) is 5.02 Å². The van der Waals surface area contributed by atoms with Crippen LogP contribution >= 0.6 is 11.6 Å². The van der Waals surface area contributed by atoms with E-state index in [0.717, 1.165) is 21.0 Å². The fourth-order valence-electron chi connectivity index (χ4n) is 3.98. The number of likely N-dealkylation sites (N-methyl/N-ethyl adjacent to an activating group) is 1. The van der Waals surface area contributed by atoms with E-state index >= 15 is 0 Å². The second-order valence-electron chi connectivity index (χ2n) is 9.17. The first-order chi connectivity index (χ1) is 18.5. The van der Waals surface area contributed by atoms with E-state index in [-0.39, 0.29) is 17.3 Å². The van der Waals surface area contributed by atoms with Crippen LogP contribution in [0.25, 0.3) is 0 Å². The molecular weight excluding hydrogens is 538 g/mol. The summed E-state index contributed by atoms with van der Waals surface area (Å²) < 4.78 is 34.0. The van der Waals surface area contributed by atoms with Crippen LogP contribution in [-0.2, 0) is 26.2 Å². The van der Waals surface area contributed by atoms with E-state index in [1.54, 1.807) is 57.4 Å². The Morgan fingerprint density at radius 2 is 1.62 bits per heavy atom. The molecule has 0 saturated carbocycles. The second-order valence-corrected chi connectivity index (χ2v) is 11.5. The van der Waals surface area contributed by atoms with Gasteiger partial charge in [-0.1, -0.05) is 29.8 Å². The SMILES string of the molecule is CCNC(=O)[C@H](C)N(Cc1ccc(OC)cc1)C(=O)CN(c1ccc(C)c(C)c1)S(=O)(=O)c1ccc(Cl)cc1. The summed E-state index contributed by atoms with van der Waals surface area (Å²) in [7, 11) is -2.60. The number of sulfonamides is 1. The number of amides is 2. The van der Waals surface area contributed by atoms with Gasteiger partial charge >= 0.3 is 0 Å². The Kier molecular flexibility index (Phi) is 9.99. The Hall–Kier alpha value is -3.56. The minimum absolute atomic E-state index is 0.00333. The number of halogens is 1. The number of aryl methyl sites for hydroxylation is 2. The van der Waals surface area contributed by atoms with E-state index in [9.17, 15) is 18.0 Å². The summed E-state index contributed by atoms with van der Waals surface area (Å²) in [6, 6.07) is 17.3. The third-order valence-corrected chi connectivity index (χ3v) is 8.53. The molecule has 0 bridgehead atoms. The lowest BCUT2D eigenvalue weighted by molar-refractivity contribution is -0.139. The van der Waals surface area contributed by atoms with Gasteiger partial charge in [0.25, 0.3) is 10.0 Å². The number of carbonyl (C=O) groups excluding carboxylic acids is 2. The average molecular weight is 572 g/mol. The van der Waals surface area contributed by atoms with Crippen molar-refractivity contribution in [2.75, 3.05) is 24.5 Å². The highest BCUT2D eigenvalue weighted by molar-refractivity contribution is 7.92. The minimum atomic E-state index is -4.16. The van der Waals surface area contributed by atoms with Gasteiger partial charge in [0.1, 0.15) is 18.3 Å². The predicted molar refractivity (Wildman–Crippen MR) is 154 cm³/mol. The lowest BCUT2D eigenvalue weighted by atomic mass is 10.1. The van der Waals surface area contributed by atoms with Crippen LogP contribution in [0, 0.1) is 13.8 Å². The molecule has 0 aliphatic rings. The first-order valence-corrected chi connectivity index (χ1v) is 14.4. The highest BCUT2D eigenvalue weighted by Crippen LogP contribution is 2.27. The van der Waals surface area contributed by atoms with Gasteiger partial charge in [-0.3, -0.25) is 13.9 Å². The average Bonchev–Trinajstić information content (AvgIpc) is 2.92. The Labute approximate surface area is 235 Å². The Morgan fingerprint density at radius 1 is 0.974 bits per heavy atom. The van der Waals surface area contributed by atoms with Gasteiger partial charge in [-0.2, -0.15) is 0 Å². The number of methoxy groups -OCH3 is 1. The Bertz CT molecular complexity index is 1410. The van der Waals surface area contributed by atoms with Crippen molar-refractivity contribution in [1.82, 2.24) is 10.2 Å². The summed E-state index contributed by atoms with van der Waals surface area (Å²) in [6.45, 7) is 7.21. The van der Waals surface area contributed by atoms with Gasteiger partial charge < -0.3 is 15.0 Å². The Balaban J connectivity index is 2.04. The molecular formula is C29H34ClN3O5S. The largest absolute Gasteiger partial charge is 0.497 e. The molecule has 0 heterocycles. The van der Waals surface area contributed by atoms with Crippen LogP contribution in [0.5, 0.6) is 5.75 Å². The molecule has 3 aromatic carbocycles. The second kappa shape index (κ2) is 13.0. The minimum Gasteiger partial charge on any atom is -0.497 e. The maximum atomic E-state index is 13.9. The van der Waals surface area contributed by atoms with E-state index in [1.807, 2.05) is 19.9 Å². The molecule has 0 spiro atoms.